The number of hydrogen-bond donors (Lipinski definition) is 3. The van der Waals surface area contributed by atoms with Crippen molar-refractivity contribution < 1.29 is 24.2 Å². The zero-order valence-corrected chi connectivity index (χ0v) is 18.7. The Morgan fingerprint density at radius 1 is 1.12 bits per heavy atom. The fourth-order valence-electron chi connectivity index (χ4n) is 2.88. The van der Waals surface area contributed by atoms with Gasteiger partial charge in [0.05, 0.1) is 23.9 Å². The number of amides is 2. The molecule has 2 amide bonds. The van der Waals surface area contributed by atoms with Gasteiger partial charge in [-0.15, -0.1) is 0 Å². The minimum Gasteiger partial charge on any atom is -0.493 e. The Balaban J connectivity index is 1.63. The molecular formula is C24H22ClN3O5. The number of rotatable bonds is 8. The summed E-state index contributed by atoms with van der Waals surface area (Å²) in [5.41, 5.74) is 5.57. The average Bonchev–Trinajstić information content (AvgIpc) is 2.80. The van der Waals surface area contributed by atoms with Crippen molar-refractivity contribution >= 4 is 35.5 Å². The summed E-state index contributed by atoms with van der Waals surface area (Å²) in [6.45, 7) is 2.06. The summed E-state index contributed by atoms with van der Waals surface area (Å²) in [7, 11) is 1.48. The quantitative estimate of drug-likeness (QED) is 0.316. The predicted octanol–water partition coefficient (Wildman–Crippen LogP) is 5.09. The first kappa shape index (κ1) is 23.6. The maximum atomic E-state index is 12.0. The van der Waals surface area contributed by atoms with Gasteiger partial charge in [0.2, 0.25) is 0 Å². The van der Waals surface area contributed by atoms with Crippen molar-refractivity contribution in [3.8, 4) is 11.5 Å². The fraction of sp³-hybridized carbons (Fsp3) is 0.125. The number of hydrogen-bond acceptors (Lipinski definition) is 5. The van der Waals surface area contributed by atoms with E-state index in [9.17, 15) is 9.59 Å². The van der Waals surface area contributed by atoms with Gasteiger partial charge in [0.15, 0.2) is 11.5 Å². The Labute approximate surface area is 195 Å². The van der Waals surface area contributed by atoms with Crippen molar-refractivity contribution in [3.63, 3.8) is 0 Å². The van der Waals surface area contributed by atoms with Crippen molar-refractivity contribution in [1.29, 1.82) is 0 Å². The van der Waals surface area contributed by atoms with Crippen LogP contribution < -0.4 is 20.2 Å². The standard InChI is InChI=1S/C24H22ClN3O5/c1-15-5-3-4-6-20(15)27-24(31)28-26-13-17-11-19(25)22(21(12-17)32-2)33-14-16-7-9-18(10-8-16)23(29)30/h3-13H,14H2,1-2H3,(H,29,30)(H2,27,28,31). The lowest BCUT2D eigenvalue weighted by Crippen LogP contribution is -2.24. The molecule has 8 nitrogen and oxygen atoms in total. The van der Waals surface area contributed by atoms with Crippen molar-refractivity contribution in [2.45, 2.75) is 13.5 Å². The number of carboxylic acid groups (broad SMARTS) is 1. The Hall–Kier alpha value is -4.04. The molecule has 0 saturated heterocycles. The largest absolute Gasteiger partial charge is 0.493 e. The molecule has 0 fully saturated rings. The van der Waals surface area contributed by atoms with E-state index in [1.54, 1.807) is 30.3 Å². The monoisotopic (exact) mass is 467 g/mol. The Bertz CT molecular complexity index is 1180. The van der Waals surface area contributed by atoms with Crippen LogP contribution in [0.25, 0.3) is 0 Å². The van der Waals surface area contributed by atoms with E-state index < -0.39 is 12.0 Å². The highest BCUT2D eigenvalue weighted by Gasteiger charge is 2.12. The summed E-state index contributed by atoms with van der Waals surface area (Å²) in [4.78, 5) is 23.0. The number of anilines is 1. The van der Waals surface area contributed by atoms with Crippen LogP contribution in [0.1, 0.15) is 27.0 Å². The number of nitrogens with one attached hydrogen (secondary N) is 2. The average molecular weight is 468 g/mol. The first-order chi connectivity index (χ1) is 15.9. The second-order valence-corrected chi connectivity index (χ2v) is 7.37. The van der Waals surface area contributed by atoms with Gasteiger partial charge in [-0.1, -0.05) is 41.9 Å². The van der Waals surface area contributed by atoms with Crippen molar-refractivity contribution in [3.05, 3.63) is 87.9 Å². The molecule has 0 bridgehead atoms. The summed E-state index contributed by atoms with van der Waals surface area (Å²) < 4.78 is 11.2. The van der Waals surface area contributed by atoms with E-state index >= 15 is 0 Å². The van der Waals surface area contributed by atoms with E-state index in [1.807, 2.05) is 25.1 Å². The van der Waals surface area contributed by atoms with Crippen molar-refractivity contribution in [1.82, 2.24) is 5.43 Å². The van der Waals surface area contributed by atoms with Crippen LogP contribution in [0.15, 0.2) is 65.8 Å². The van der Waals surface area contributed by atoms with Gasteiger partial charge in [0, 0.05) is 5.69 Å². The molecule has 0 heterocycles. The van der Waals surface area contributed by atoms with Crippen LogP contribution in [0.5, 0.6) is 11.5 Å². The highest BCUT2D eigenvalue weighted by molar-refractivity contribution is 6.32. The Morgan fingerprint density at radius 2 is 1.85 bits per heavy atom. The number of para-hydroxylation sites is 1. The summed E-state index contributed by atoms with van der Waals surface area (Å²) in [6.07, 6.45) is 1.43. The molecule has 0 aromatic heterocycles. The molecular weight excluding hydrogens is 446 g/mol. The summed E-state index contributed by atoms with van der Waals surface area (Å²) >= 11 is 6.37. The number of ether oxygens (including phenoxy) is 2. The van der Waals surface area contributed by atoms with Gasteiger partial charge in [-0.05, 0) is 53.9 Å². The Morgan fingerprint density at radius 3 is 2.52 bits per heavy atom. The third-order valence-electron chi connectivity index (χ3n) is 4.61. The molecule has 0 spiro atoms. The Kier molecular flexibility index (Phi) is 7.88. The molecule has 3 N–H and O–H groups in total. The number of carbonyl (C=O) groups is 2. The second-order valence-electron chi connectivity index (χ2n) is 6.96. The molecule has 33 heavy (non-hydrogen) atoms. The molecule has 0 aliphatic heterocycles. The zero-order valence-electron chi connectivity index (χ0n) is 18.0. The molecule has 0 saturated carbocycles. The van der Waals surface area contributed by atoms with E-state index in [-0.39, 0.29) is 12.2 Å². The van der Waals surface area contributed by atoms with Crippen LogP contribution in [0.3, 0.4) is 0 Å². The third kappa shape index (κ3) is 6.47. The van der Waals surface area contributed by atoms with Crippen LogP contribution in [-0.2, 0) is 6.61 Å². The molecule has 9 heteroatoms. The van der Waals surface area contributed by atoms with Crippen LogP contribution in [0.4, 0.5) is 10.5 Å². The van der Waals surface area contributed by atoms with Gasteiger partial charge in [0.25, 0.3) is 0 Å². The van der Waals surface area contributed by atoms with E-state index in [1.165, 1.54) is 25.5 Å². The SMILES string of the molecule is COc1cc(C=NNC(=O)Nc2ccccc2C)cc(Cl)c1OCc1ccc(C(=O)O)cc1. The first-order valence-corrected chi connectivity index (χ1v) is 10.2. The second kappa shape index (κ2) is 11.0. The van der Waals surface area contributed by atoms with Gasteiger partial charge in [-0.3, -0.25) is 0 Å². The lowest BCUT2D eigenvalue weighted by molar-refractivity contribution is 0.0696. The lowest BCUT2D eigenvalue weighted by atomic mass is 10.1. The number of nitrogens with zero attached hydrogens (tertiary/aromatic N) is 1. The molecule has 0 aliphatic carbocycles. The lowest BCUT2D eigenvalue weighted by Gasteiger charge is -2.13. The molecule has 3 aromatic rings. The number of carbonyl (C=O) groups excluding carboxylic acids is 1. The van der Waals surface area contributed by atoms with Gasteiger partial charge in [-0.25, -0.2) is 15.0 Å². The number of aryl methyl sites for hydroxylation is 1. The van der Waals surface area contributed by atoms with Gasteiger partial charge in [0.1, 0.15) is 6.61 Å². The van der Waals surface area contributed by atoms with E-state index in [2.05, 4.69) is 15.8 Å². The summed E-state index contributed by atoms with van der Waals surface area (Å²) in [5.74, 6) is -0.272. The van der Waals surface area contributed by atoms with Crippen LogP contribution in [0, 0.1) is 6.92 Å². The number of carboxylic acids is 1. The molecule has 0 atom stereocenters. The third-order valence-corrected chi connectivity index (χ3v) is 4.89. The molecule has 0 aliphatic rings. The molecule has 3 rings (SSSR count). The molecule has 170 valence electrons. The number of urea groups is 1. The normalized spacial score (nSPS) is 10.6. The van der Waals surface area contributed by atoms with Crippen LogP contribution in [0.2, 0.25) is 5.02 Å². The minimum atomic E-state index is -0.994. The van der Waals surface area contributed by atoms with Crippen LogP contribution >= 0.6 is 11.6 Å². The van der Waals surface area contributed by atoms with Gasteiger partial charge in [-0.2, -0.15) is 5.10 Å². The maximum absolute atomic E-state index is 12.0. The first-order valence-electron chi connectivity index (χ1n) is 9.85. The topological polar surface area (TPSA) is 109 Å². The summed E-state index contributed by atoms with van der Waals surface area (Å²) in [5, 5.41) is 15.9. The summed E-state index contributed by atoms with van der Waals surface area (Å²) in [6, 6.07) is 16.5. The number of methoxy groups -OCH3 is 1. The fourth-order valence-corrected chi connectivity index (χ4v) is 3.16. The number of halogens is 1. The van der Waals surface area contributed by atoms with Crippen LogP contribution in [-0.4, -0.2) is 30.4 Å². The van der Waals surface area contributed by atoms with Gasteiger partial charge >= 0.3 is 12.0 Å². The minimum absolute atomic E-state index is 0.171. The van der Waals surface area contributed by atoms with E-state index in [4.69, 9.17) is 26.2 Å². The predicted molar refractivity (Wildman–Crippen MR) is 127 cm³/mol. The molecule has 0 unspecified atom stereocenters. The number of hydrazone groups is 1. The van der Waals surface area contributed by atoms with Gasteiger partial charge < -0.3 is 19.9 Å². The molecule has 3 aromatic carbocycles. The number of benzene rings is 3. The van der Waals surface area contributed by atoms with E-state index in [0.717, 1.165) is 11.1 Å². The number of aromatic carboxylic acids is 1. The highest BCUT2D eigenvalue weighted by Crippen LogP contribution is 2.36. The highest BCUT2D eigenvalue weighted by atomic mass is 35.5. The maximum Gasteiger partial charge on any atom is 0.339 e. The van der Waals surface area contributed by atoms with Crippen molar-refractivity contribution in [2.24, 2.45) is 5.10 Å². The smallest absolute Gasteiger partial charge is 0.339 e. The van der Waals surface area contributed by atoms with E-state index in [0.29, 0.717) is 27.8 Å². The zero-order chi connectivity index (χ0) is 23.8. The van der Waals surface area contributed by atoms with Crippen molar-refractivity contribution in [2.75, 3.05) is 12.4 Å². The molecule has 0 radical (unpaired) electrons.